The number of hydrogen-bond acceptors (Lipinski definition) is 4. The van der Waals surface area contributed by atoms with Crippen molar-refractivity contribution in [2.45, 2.75) is 20.0 Å². The first-order valence-electron chi connectivity index (χ1n) is 8.91. The van der Waals surface area contributed by atoms with Gasteiger partial charge in [0.2, 0.25) is 0 Å². The second-order valence-electron chi connectivity index (χ2n) is 5.99. The van der Waals surface area contributed by atoms with Crippen molar-refractivity contribution in [1.29, 1.82) is 0 Å². The van der Waals surface area contributed by atoms with E-state index in [9.17, 15) is 18.0 Å². The molecule has 0 aliphatic heterocycles. The Morgan fingerprint density at radius 3 is 2.39 bits per heavy atom. The third-order valence-electron chi connectivity index (χ3n) is 4.07. The van der Waals surface area contributed by atoms with E-state index in [2.05, 4.69) is 34.6 Å². The van der Waals surface area contributed by atoms with Crippen LogP contribution in [0.2, 0.25) is 0 Å². The highest BCUT2D eigenvalue weighted by Gasteiger charge is 2.30. The van der Waals surface area contributed by atoms with Crippen molar-refractivity contribution in [3.8, 4) is 0 Å². The minimum atomic E-state index is -4.43. The highest BCUT2D eigenvalue weighted by atomic mass is 19.4. The van der Waals surface area contributed by atoms with Crippen LogP contribution in [-0.2, 0) is 11.0 Å². The van der Waals surface area contributed by atoms with E-state index in [1.54, 1.807) is 0 Å². The minimum absolute atomic E-state index is 0.195. The molecule has 2 aromatic rings. The molecular weight excluding hydrogens is 369 g/mol. The smallest absolute Gasteiger partial charge is 0.376 e. The van der Waals surface area contributed by atoms with Crippen LogP contribution in [0.4, 0.5) is 24.5 Å². The van der Waals surface area contributed by atoms with Gasteiger partial charge in [0.1, 0.15) is 0 Å². The average Bonchev–Trinajstić information content (AvgIpc) is 2.68. The lowest BCUT2D eigenvalue weighted by atomic mass is 10.2. The van der Waals surface area contributed by atoms with Gasteiger partial charge in [0, 0.05) is 24.5 Å². The first-order chi connectivity index (χ1) is 13.3. The minimum Gasteiger partial charge on any atom is -0.376 e. The molecule has 1 amide bonds. The number of hydrogen-bond donors (Lipinski definition) is 2. The van der Waals surface area contributed by atoms with Gasteiger partial charge in [-0.2, -0.15) is 18.3 Å². The lowest BCUT2D eigenvalue weighted by Gasteiger charge is -2.20. The summed E-state index contributed by atoms with van der Waals surface area (Å²) in [6.07, 6.45) is -2.92. The Kier molecular flexibility index (Phi) is 7.43. The summed E-state index contributed by atoms with van der Waals surface area (Å²) in [6, 6.07) is 12.4. The number of anilines is 2. The molecule has 5 nitrogen and oxygen atoms in total. The van der Waals surface area contributed by atoms with E-state index >= 15 is 0 Å². The van der Waals surface area contributed by atoms with Crippen LogP contribution < -0.4 is 15.6 Å². The Labute approximate surface area is 162 Å². The number of carbonyl (C=O) groups excluding carboxylic acids is 1. The van der Waals surface area contributed by atoms with Crippen LogP contribution in [0.5, 0.6) is 0 Å². The third kappa shape index (κ3) is 6.29. The van der Waals surface area contributed by atoms with Crippen molar-refractivity contribution in [1.82, 2.24) is 5.43 Å². The van der Waals surface area contributed by atoms with Gasteiger partial charge in [0.05, 0.1) is 18.3 Å². The molecule has 8 heteroatoms. The van der Waals surface area contributed by atoms with Crippen LogP contribution in [0.25, 0.3) is 0 Å². The zero-order valence-electron chi connectivity index (χ0n) is 15.8. The number of hydrazone groups is 1. The summed E-state index contributed by atoms with van der Waals surface area (Å²) in [7, 11) is 0. The van der Waals surface area contributed by atoms with E-state index in [0.29, 0.717) is 0 Å². The maximum atomic E-state index is 12.7. The molecule has 0 aliphatic rings. The van der Waals surface area contributed by atoms with Crippen molar-refractivity contribution in [2.24, 2.45) is 5.10 Å². The van der Waals surface area contributed by atoms with E-state index in [-0.39, 0.29) is 12.2 Å². The molecule has 0 aliphatic carbocycles. The van der Waals surface area contributed by atoms with E-state index in [0.717, 1.165) is 36.5 Å². The van der Waals surface area contributed by atoms with Crippen LogP contribution in [0.3, 0.4) is 0 Å². The number of rotatable bonds is 8. The van der Waals surface area contributed by atoms with Crippen molar-refractivity contribution >= 4 is 23.5 Å². The summed E-state index contributed by atoms with van der Waals surface area (Å²) < 4.78 is 38.0. The highest BCUT2D eigenvalue weighted by Crippen LogP contribution is 2.30. The zero-order valence-corrected chi connectivity index (χ0v) is 15.8. The fourth-order valence-electron chi connectivity index (χ4n) is 2.57. The fraction of sp³-hybridized carbons (Fsp3) is 0.300. The molecule has 0 aromatic heterocycles. The molecule has 0 fully saturated rings. The van der Waals surface area contributed by atoms with Gasteiger partial charge in [-0.3, -0.25) is 4.79 Å². The van der Waals surface area contributed by atoms with Crippen LogP contribution in [0.15, 0.2) is 53.6 Å². The summed E-state index contributed by atoms with van der Waals surface area (Å²) >= 11 is 0. The van der Waals surface area contributed by atoms with Gasteiger partial charge in [-0.15, -0.1) is 0 Å². The van der Waals surface area contributed by atoms with Crippen LogP contribution >= 0.6 is 0 Å². The van der Waals surface area contributed by atoms with Crippen LogP contribution in [0.1, 0.15) is 25.0 Å². The Hall–Kier alpha value is -3.03. The monoisotopic (exact) mass is 392 g/mol. The van der Waals surface area contributed by atoms with Gasteiger partial charge in [-0.25, -0.2) is 5.43 Å². The highest BCUT2D eigenvalue weighted by molar-refractivity contribution is 5.84. The Bertz CT molecular complexity index is 800. The third-order valence-corrected chi connectivity index (χ3v) is 4.07. The molecule has 0 saturated carbocycles. The van der Waals surface area contributed by atoms with Crippen molar-refractivity contribution < 1.29 is 18.0 Å². The normalized spacial score (nSPS) is 11.5. The average molecular weight is 392 g/mol. The number of halogens is 3. The van der Waals surface area contributed by atoms with Gasteiger partial charge >= 0.3 is 6.18 Å². The van der Waals surface area contributed by atoms with E-state index < -0.39 is 17.6 Å². The molecule has 2 rings (SSSR count). The molecule has 0 heterocycles. The number of alkyl halides is 3. The number of nitrogens with one attached hydrogen (secondary N) is 2. The second-order valence-corrected chi connectivity index (χ2v) is 5.99. The molecule has 0 atom stereocenters. The number of amides is 1. The largest absolute Gasteiger partial charge is 0.416 e. The molecular formula is C20H23F3N4O. The lowest BCUT2D eigenvalue weighted by Crippen LogP contribution is -2.26. The topological polar surface area (TPSA) is 56.7 Å². The molecule has 0 bridgehead atoms. The second kappa shape index (κ2) is 9.77. The zero-order chi connectivity index (χ0) is 20.6. The molecule has 28 heavy (non-hydrogen) atoms. The van der Waals surface area contributed by atoms with Gasteiger partial charge in [0.25, 0.3) is 5.91 Å². The summed E-state index contributed by atoms with van der Waals surface area (Å²) in [5.41, 5.74) is 3.71. The number of benzene rings is 2. The molecule has 0 spiro atoms. The van der Waals surface area contributed by atoms with E-state index in [1.807, 2.05) is 24.3 Å². The standard InChI is InChI=1S/C20H23F3N4O/c1-3-27(4-2)18-10-8-15(9-11-18)13-25-26-19(28)14-24-17-7-5-6-16(12-17)20(21,22)23/h5-13,24H,3-4,14H2,1-2H3,(H,26,28). The summed E-state index contributed by atoms with van der Waals surface area (Å²) in [5.74, 6) is -0.464. The SMILES string of the molecule is CCN(CC)c1ccc(C=NNC(=O)CNc2cccc(C(F)(F)F)c2)cc1. The predicted molar refractivity (Wildman–Crippen MR) is 106 cm³/mol. The maximum absolute atomic E-state index is 12.7. The van der Waals surface area contributed by atoms with Crippen LogP contribution in [0, 0.1) is 0 Å². The quantitative estimate of drug-likeness (QED) is 0.525. The summed E-state index contributed by atoms with van der Waals surface area (Å²) in [6.45, 7) is 5.81. The predicted octanol–water partition coefficient (Wildman–Crippen LogP) is 4.11. The van der Waals surface area contributed by atoms with Gasteiger partial charge in [-0.1, -0.05) is 18.2 Å². The maximum Gasteiger partial charge on any atom is 0.416 e. The molecule has 0 radical (unpaired) electrons. The number of carbonyl (C=O) groups is 1. The molecule has 2 N–H and O–H groups in total. The Morgan fingerprint density at radius 2 is 1.79 bits per heavy atom. The van der Waals surface area contributed by atoms with Gasteiger partial charge in [-0.05, 0) is 49.7 Å². The van der Waals surface area contributed by atoms with Gasteiger partial charge in [0.15, 0.2) is 0 Å². The summed E-state index contributed by atoms with van der Waals surface area (Å²) in [4.78, 5) is 14.0. The molecule has 0 saturated heterocycles. The fourth-order valence-corrected chi connectivity index (χ4v) is 2.57. The molecule has 0 unspecified atom stereocenters. The van der Waals surface area contributed by atoms with Crippen LogP contribution in [-0.4, -0.2) is 31.8 Å². The Morgan fingerprint density at radius 1 is 1.11 bits per heavy atom. The van der Waals surface area contributed by atoms with Crippen molar-refractivity contribution in [3.05, 3.63) is 59.7 Å². The van der Waals surface area contributed by atoms with Crippen molar-refractivity contribution in [2.75, 3.05) is 29.9 Å². The van der Waals surface area contributed by atoms with Gasteiger partial charge < -0.3 is 10.2 Å². The first kappa shape index (κ1) is 21.3. The number of nitrogens with zero attached hydrogens (tertiary/aromatic N) is 2. The lowest BCUT2D eigenvalue weighted by molar-refractivity contribution is -0.137. The Balaban J connectivity index is 1.84. The van der Waals surface area contributed by atoms with E-state index in [4.69, 9.17) is 0 Å². The molecule has 2 aromatic carbocycles. The first-order valence-corrected chi connectivity index (χ1v) is 8.91. The summed E-state index contributed by atoms with van der Waals surface area (Å²) in [5, 5.41) is 6.51. The van der Waals surface area contributed by atoms with E-state index in [1.165, 1.54) is 18.3 Å². The van der Waals surface area contributed by atoms with Crippen molar-refractivity contribution in [3.63, 3.8) is 0 Å². The molecule has 150 valence electrons.